The number of hydrogen-bond acceptors (Lipinski definition) is 8. The minimum Gasteiger partial charge on any atom is -0.465 e. The molecule has 3 aromatic rings. The Bertz CT molecular complexity index is 1420. The van der Waals surface area contributed by atoms with Gasteiger partial charge in [0.2, 0.25) is 5.78 Å². The normalized spacial score (nSPS) is 11.5. The van der Waals surface area contributed by atoms with Crippen LogP contribution in [0.15, 0.2) is 36.7 Å². The zero-order valence-electron chi connectivity index (χ0n) is 22.4. The molecule has 0 bridgehead atoms. The standard InChI is InChI=1S/C27H30N6O5/c1-26(2,3)21-11-20(32(7)31-21)22(34)19-10-16(12-28)8-9-18(19)23-29-13-17(14-30-23)15-33(24(35)36)25(37)38-27(4,5)6/h8-11,13-14H,15H2,1-7H3,(H,35,36). The Morgan fingerprint density at radius 3 is 2.21 bits per heavy atom. The molecule has 11 heteroatoms. The van der Waals surface area contributed by atoms with E-state index in [0.717, 1.165) is 5.69 Å². The quantitative estimate of drug-likeness (QED) is 0.474. The molecule has 2 heterocycles. The Labute approximate surface area is 220 Å². The Kier molecular flexibility index (Phi) is 7.67. The monoisotopic (exact) mass is 518 g/mol. The van der Waals surface area contributed by atoms with Crippen molar-refractivity contribution >= 4 is 18.0 Å². The summed E-state index contributed by atoms with van der Waals surface area (Å²) < 4.78 is 6.67. The van der Waals surface area contributed by atoms with Crippen LogP contribution in [-0.2, 0) is 23.7 Å². The van der Waals surface area contributed by atoms with Crippen LogP contribution in [0.5, 0.6) is 0 Å². The van der Waals surface area contributed by atoms with Crippen LogP contribution < -0.4 is 0 Å². The topological polar surface area (TPSA) is 151 Å². The molecule has 0 aliphatic heterocycles. The second kappa shape index (κ2) is 10.4. The summed E-state index contributed by atoms with van der Waals surface area (Å²) in [6, 6.07) is 8.40. The molecular weight excluding hydrogens is 488 g/mol. The Morgan fingerprint density at radius 2 is 1.71 bits per heavy atom. The number of carbonyl (C=O) groups excluding carboxylic acids is 2. The maximum absolute atomic E-state index is 13.6. The number of amides is 2. The first-order valence-corrected chi connectivity index (χ1v) is 11.8. The lowest BCUT2D eigenvalue weighted by Gasteiger charge is -2.24. The molecule has 0 aliphatic rings. The van der Waals surface area contributed by atoms with Gasteiger partial charge in [0.1, 0.15) is 11.3 Å². The first-order chi connectivity index (χ1) is 17.6. The molecule has 3 rings (SSSR count). The zero-order chi connectivity index (χ0) is 28.4. The van der Waals surface area contributed by atoms with E-state index in [0.29, 0.717) is 27.3 Å². The largest absolute Gasteiger partial charge is 0.465 e. The van der Waals surface area contributed by atoms with Gasteiger partial charge < -0.3 is 9.84 Å². The number of nitriles is 1. The highest BCUT2D eigenvalue weighted by Gasteiger charge is 2.28. The van der Waals surface area contributed by atoms with Gasteiger partial charge in [0.05, 0.1) is 23.9 Å². The summed E-state index contributed by atoms with van der Waals surface area (Å²) in [5.41, 5.74) is 1.20. The number of nitrogens with zero attached hydrogens (tertiary/aromatic N) is 6. The van der Waals surface area contributed by atoms with Crippen molar-refractivity contribution in [3.05, 3.63) is 64.7 Å². The molecule has 1 aromatic carbocycles. The van der Waals surface area contributed by atoms with E-state index >= 15 is 0 Å². The predicted molar refractivity (Wildman–Crippen MR) is 137 cm³/mol. The van der Waals surface area contributed by atoms with Gasteiger partial charge in [0.15, 0.2) is 5.82 Å². The fourth-order valence-corrected chi connectivity index (χ4v) is 3.47. The lowest BCUT2D eigenvalue weighted by molar-refractivity contribution is 0.0255. The van der Waals surface area contributed by atoms with E-state index in [1.165, 1.54) is 23.1 Å². The minimum atomic E-state index is -1.48. The number of ether oxygens (including phenoxy) is 1. The molecule has 38 heavy (non-hydrogen) atoms. The lowest BCUT2D eigenvalue weighted by atomic mass is 9.91. The van der Waals surface area contributed by atoms with Crippen LogP contribution in [0.3, 0.4) is 0 Å². The highest BCUT2D eigenvalue weighted by atomic mass is 16.6. The summed E-state index contributed by atoms with van der Waals surface area (Å²) >= 11 is 0. The number of benzene rings is 1. The molecular formula is C27H30N6O5. The van der Waals surface area contributed by atoms with Crippen molar-refractivity contribution < 1.29 is 24.2 Å². The summed E-state index contributed by atoms with van der Waals surface area (Å²) in [7, 11) is 1.68. The maximum atomic E-state index is 13.6. The number of ketones is 1. The highest BCUT2D eigenvalue weighted by molar-refractivity contribution is 6.11. The van der Waals surface area contributed by atoms with E-state index in [9.17, 15) is 24.8 Å². The fraction of sp³-hybridized carbons (Fsp3) is 0.370. The number of imide groups is 1. The van der Waals surface area contributed by atoms with Gasteiger partial charge in [-0.25, -0.2) is 24.5 Å². The lowest BCUT2D eigenvalue weighted by Crippen LogP contribution is -2.39. The van der Waals surface area contributed by atoms with Gasteiger partial charge in [-0.1, -0.05) is 20.8 Å². The summed E-state index contributed by atoms with van der Waals surface area (Å²) in [6.45, 7) is 10.6. The maximum Gasteiger partial charge on any atom is 0.420 e. The number of aromatic nitrogens is 4. The van der Waals surface area contributed by atoms with E-state index in [-0.39, 0.29) is 29.1 Å². The molecule has 2 aromatic heterocycles. The summed E-state index contributed by atoms with van der Waals surface area (Å²) in [5.74, 6) is -0.156. The molecule has 0 saturated carbocycles. The molecule has 0 spiro atoms. The third-order valence-corrected chi connectivity index (χ3v) is 5.41. The number of carboxylic acid groups (broad SMARTS) is 1. The van der Waals surface area contributed by atoms with Crippen LogP contribution in [0.2, 0.25) is 0 Å². The van der Waals surface area contributed by atoms with Crippen molar-refractivity contribution in [3.8, 4) is 17.5 Å². The number of hydrogen-bond donors (Lipinski definition) is 1. The average Bonchev–Trinajstić information content (AvgIpc) is 3.23. The van der Waals surface area contributed by atoms with Gasteiger partial charge in [-0.05, 0) is 45.0 Å². The van der Waals surface area contributed by atoms with Crippen molar-refractivity contribution in [2.75, 3.05) is 0 Å². The van der Waals surface area contributed by atoms with Crippen LogP contribution in [-0.4, -0.2) is 53.3 Å². The molecule has 198 valence electrons. The molecule has 0 saturated heterocycles. The average molecular weight is 519 g/mol. The minimum absolute atomic E-state index is 0.193. The van der Waals surface area contributed by atoms with Gasteiger partial charge in [0.25, 0.3) is 0 Å². The summed E-state index contributed by atoms with van der Waals surface area (Å²) in [4.78, 5) is 46.7. The van der Waals surface area contributed by atoms with Crippen LogP contribution in [0, 0.1) is 11.3 Å². The van der Waals surface area contributed by atoms with Gasteiger partial charge in [-0.15, -0.1) is 0 Å². The second-order valence-corrected chi connectivity index (χ2v) is 10.8. The van der Waals surface area contributed by atoms with Gasteiger partial charge in [-0.2, -0.15) is 10.4 Å². The van der Waals surface area contributed by atoms with E-state index in [2.05, 4.69) is 15.1 Å². The first kappa shape index (κ1) is 28.0. The number of carbonyl (C=O) groups is 3. The smallest absolute Gasteiger partial charge is 0.420 e. The third kappa shape index (κ3) is 6.39. The van der Waals surface area contributed by atoms with Crippen molar-refractivity contribution in [3.63, 3.8) is 0 Å². The number of aryl methyl sites for hydroxylation is 1. The van der Waals surface area contributed by atoms with Gasteiger partial charge >= 0.3 is 12.2 Å². The number of rotatable bonds is 5. The van der Waals surface area contributed by atoms with E-state index in [4.69, 9.17) is 4.74 Å². The Hall–Kier alpha value is -4.59. The Morgan fingerprint density at radius 1 is 1.08 bits per heavy atom. The van der Waals surface area contributed by atoms with Gasteiger partial charge in [0, 0.05) is 41.5 Å². The van der Waals surface area contributed by atoms with Crippen molar-refractivity contribution in [1.82, 2.24) is 24.6 Å². The van der Waals surface area contributed by atoms with Crippen molar-refractivity contribution in [2.24, 2.45) is 7.05 Å². The van der Waals surface area contributed by atoms with Crippen LogP contribution in [0.25, 0.3) is 11.4 Å². The van der Waals surface area contributed by atoms with E-state index < -0.39 is 17.8 Å². The molecule has 1 N–H and O–H groups in total. The highest BCUT2D eigenvalue weighted by Crippen LogP contribution is 2.27. The van der Waals surface area contributed by atoms with Gasteiger partial charge in [-0.3, -0.25) is 9.48 Å². The molecule has 0 aliphatic carbocycles. The van der Waals surface area contributed by atoms with Crippen molar-refractivity contribution in [1.29, 1.82) is 5.26 Å². The molecule has 0 fully saturated rings. The summed E-state index contributed by atoms with van der Waals surface area (Å²) in [6.07, 6.45) is 0.252. The molecule has 11 nitrogen and oxygen atoms in total. The molecule has 0 unspecified atom stereocenters. The molecule has 0 atom stereocenters. The fourth-order valence-electron chi connectivity index (χ4n) is 3.47. The second-order valence-electron chi connectivity index (χ2n) is 10.8. The molecule has 2 amide bonds. The summed E-state index contributed by atoms with van der Waals surface area (Å²) in [5, 5.41) is 23.4. The predicted octanol–water partition coefficient (Wildman–Crippen LogP) is 4.69. The van der Waals surface area contributed by atoms with Crippen LogP contribution in [0.4, 0.5) is 9.59 Å². The third-order valence-electron chi connectivity index (χ3n) is 5.41. The van der Waals surface area contributed by atoms with Crippen LogP contribution >= 0.6 is 0 Å². The van der Waals surface area contributed by atoms with Crippen LogP contribution in [0.1, 0.15) is 74.4 Å². The molecule has 0 radical (unpaired) electrons. The first-order valence-electron chi connectivity index (χ1n) is 11.8. The SMILES string of the molecule is Cn1nc(C(C)(C)C)cc1C(=O)c1cc(C#N)ccc1-c1ncc(CN(C(=O)O)C(=O)OC(C)(C)C)cn1. The van der Waals surface area contributed by atoms with Crippen molar-refractivity contribution in [2.45, 2.75) is 59.1 Å². The van der Waals surface area contributed by atoms with E-state index in [1.807, 2.05) is 26.8 Å². The zero-order valence-corrected chi connectivity index (χ0v) is 22.4. The Balaban J connectivity index is 1.96. The van der Waals surface area contributed by atoms with E-state index in [1.54, 1.807) is 46.0 Å².